The largest absolute Gasteiger partial charge is 0.508 e. The summed E-state index contributed by atoms with van der Waals surface area (Å²) in [5, 5.41) is 10.1. The molecular weight excluding hydrogens is 350 g/mol. The SMILES string of the molecule is O=C(OCc1ccccc1)N1CC[C@]23CCCC[C@H]2[C@@H]1Cc1ccc(O)cc13. The molecule has 4 heteroatoms. The number of aromatic hydroxyl groups is 1. The summed E-state index contributed by atoms with van der Waals surface area (Å²) in [6, 6.07) is 15.9. The molecule has 4 nitrogen and oxygen atoms in total. The molecule has 146 valence electrons. The van der Waals surface area contributed by atoms with E-state index >= 15 is 0 Å². The number of ether oxygens (including phenoxy) is 1. The van der Waals surface area contributed by atoms with E-state index in [1.165, 1.54) is 24.0 Å². The van der Waals surface area contributed by atoms with Crippen molar-refractivity contribution in [1.29, 1.82) is 0 Å². The molecule has 1 amide bonds. The van der Waals surface area contributed by atoms with E-state index in [9.17, 15) is 9.90 Å². The number of benzene rings is 2. The van der Waals surface area contributed by atoms with E-state index in [0.717, 1.165) is 37.8 Å². The molecule has 1 N–H and O–H groups in total. The Labute approximate surface area is 166 Å². The van der Waals surface area contributed by atoms with E-state index in [2.05, 4.69) is 6.07 Å². The van der Waals surface area contributed by atoms with E-state index in [1.807, 2.05) is 41.3 Å². The van der Waals surface area contributed by atoms with Crippen LogP contribution >= 0.6 is 0 Å². The molecule has 3 aliphatic rings. The molecule has 2 bridgehead atoms. The Balaban J connectivity index is 1.42. The first-order valence-corrected chi connectivity index (χ1v) is 10.5. The maximum Gasteiger partial charge on any atom is 0.410 e. The number of phenols is 1. The highest BCUT2D eigenvalue weighted by atomic mass is 16.6. The Bertz CT molecular complexity index is 881. The van der Waals surface area contributed by atoms with Gasteiger partial charge in [0.2, 0.25) is 0 Å². The molecule has 0 radical (unpaired) electrons. The summed E-state index contributed by atoms with van der Waals surface area (Å²) in [6.45, 7) is 1.06. The molecule has 1 heterocycles. The van der Waals surface area contributed by atoms with Crippen molar-refractivity contribution in [3.05, 3.63) is 65.2 Å². The number of nitrogens with zero attached hydrogens (tertiary/aromatic N) is 1. The summed E-state index contributed by atoms with van der Waals surface area (Å²) in [5.74, 6) is 0.828. The van der Waals surface area contributed by atoms with Crippen molar-refractivity contribution in [2.45, 2.75) is 56.6 Å². The van der Waals surface area contributed by atoms with Gasteiger partial charge < -0.3 is 14.7 Å². The van der Waals surface area contributed by atoms with Gasteiger partial charge in [-0.05, 0) is 60.4 Å². The fourth-order valence-corrected chi connectivity index (χ4v) is 6.02. The Kier molecular flexibility index (Phi) is 4.30. The van der Waals surface area contributed by atoms with E-state index in [1.54, 1.807) is 6.07 Å². The second-order valence-electron chi connectivity index (χ2n) is 8.60. The van der Waals surface area contributed by atoms with Gasteiger partial charge in [0.05, 0.1) is 0 Å². The molecule has 1 saturated heterocycles. The van der Waals surface area contributed by atoms with Crippen LogP contribution in [0.2, 0.25) is 0 Å². The fourth-order valence-electron chi connectivity index (χ4n) is 6.02. The second-order valence-corrected chi connectivity index (χ2v) is 8.60. The van der Waals surface area contributed by atoms with Gasteiger partial charge >= 0.3 is 6.09 Å². The van der Waals surface area contributed by atoms with Gasteiger partial charge in [-0.2, -0.15) is 0 Å². The van der Waals surface area contributed by atoms with Gasteiger partial charge in [0.15, 0.2) is 0 Å². The number of fused-ring (bicyclic) bond motifs is 1. The number of amides is 1. The molecular formula is C24H27NO3. The molecule has 1 saturated carbocycles. The van der Waals surface area contributed by atoms with Crippen LogP contribution in [0.4, 0.5) is 4.79 Å². The van der Waals surface area contributed by atoms with Crippen LogP contribution in [0.3, 0.4) is 0 Å². The second kappa shape index (κ2) is 6.84. The van der Waals surface area contributed by atoms with Gasteiger partial charge in [-0.25, -0.2) is 4.79 Å². The zero-order valence-electron chi connectivity index (χ0n) is 16.1. The lowest BCUT2D eigenvalue weighted by atomic mass is 9.52. The smallest absolute Gasteiger partial charge is 0.410 e. The van der Waals surface area contributed by atoms with Crippen molar-refractivity contribution in [3.63, 3.8) is 0 Å². The summed E-state index contributed by atoms with van der Waals surface area (Å²) in [4.78, 5) is 15.0. The number of carbonyl (C=O) groups excluding carboxylic acids is 1. The quantitative estimate of drug-likeness (QED) is 0.819. The third-order valence-electron chi connectivity index (χ3n) is 7.26. The number of hydrogen-bond acceptors (Lipinski definition) is 3. The van der Waals surface area contributed by atoms with Gasteiger partial charge in [0.25, 0.3) is 0 Å². The first-order valence-electron chi connectivity index (χ1n) is 10.5. The molecule has 0 aromatic heterocycles. The molecule has 3 atom stereocenters. The Hall–Kier alpha value is -2.49. The Morgan fingerprint density at radius 2 is 2.00 bits per heavy atom. The topological polar surface area (TPSA) is 49.8 Å². The standard InChI is InChI=1S/C24H27NO3/c26-19-10-9-18-14-22-20-8-4-5-11-24(20,21(18)15-19)12-13-25(22)23(27)28-16-17-6-2-1-3-7-17/h1-3,6-7,9-10,15,20,22,26H,4-5,8,11-14,16H2/t20-,22-,24+/m0/s1. The van der Waals surface area contributed by atoms with Crippen LogP contribution in [0.1, 0.15) is 48.8 Å². The first-order chi connectivity index (χ1) is 13.7. The molecule has 2 aliphatic carbocycles. The fraction of sp³-hybridized carbons (Fsp3) is 0.458. The van der Waals surface area contributed by atoms with Crippen LogP contribution in [0.5, 0.6) is 5.75 Å². The van der Waals surface area contributed by atoms with Crippen LogP contribution in [-0.4, -0.2) is 28.7 Å². The van der Waals surface area contributed by atoms with Gasteiger partial charge in [0.1, 0.15) is 12.4 Å². The third-order valence-corrected chi connectivity index (χ3v) is 7.26. The monoisotopic (exact) mass is 377 g/mol. The van der Waals surface area contributed by atoms with Crippen molar-refractivity contribution in [2.75, 3.05) is 6.54 Å². The normalized spacial score (nSPS) is 28.2. The van der Waals surface area contributed by atoms with Crippen molar-refractivity contribution < 1.29 is 14.6 Å². The maximum absolute atomic E-state index is 13.0. The van der Waals surface area contributed by atoms with Gasteiger partial charge in [-0.3, -0.25) is 0 Å². The minimum Gasteiger partial charge on any atom is -0.508 e. The zero-order valence-corrected chi connectivity index (χ0v) is 16.1. The van der Waals surface area contributed by atoms with E-state index in [4.69, 9.17) is 4.74 Å². The van der Waals surface area contributed by atoms with Crippen LogP contribution in [0, 0.1) is 5.92 Å². The molecule has 2 aromatic rings. The lowest BCUT2D eigenvalue weighted by Gasteiger charge is -2.58. The predicted octanol–water partition coefficient (Wildman–Crippen LogP) is 4.79. The van der Waals surface area contributed by atoms with E-state index in [-0.39, 0.29) is 17.6 Å². The predicted molar refractivity (Wildman–Crippen MR) is 107 cm³/mol. The molecule has 0 spiro atoms. The molecule has 1 aliphatic heterocycles. The van der Waals surface area contributed by atoms with Crippen LogP contribution in [0.25, 0.3) is 0 Å². The highest BCUT2D eigenvalue weighted by molar-refractivity contribution is 5.69. The van der Waals surface area contributed by atoms with Gasteiger partial charge in [0, 0.05) is 18.0 Å². The van der Waals surface area contributed by atoms with Gasteiger partial charge in [-0.15, -0.1) is 0 Å². The van der Waals surface area contributed by atoms with Crippen molar-refractivity contribution in [3.8, 4) is 5.75 Å². The summed E-state index contributed by atoms with van der Waals surface area (Å²) in [7, 11) is 0. The number of piperidine rings is 1. The lowest BCUT2D eigenvalue weighted by Crippen LogP contribution is -2.62. The van der Waals surface area contributed by atoms with Crippen LogP contribution < -0.4 is 0 Å². The molecule has 5 rings (SSSR count). The molecule has 2 fully saturated rings. The average molecular weight is 377 g/mol. The molecule has 28 heavy (non-hydrogen) atoms. The Morgan fingerprint density at radius 3 is 2.86 bits per heavy atom. The minimum absolute atomic E-state index is 0.117. The average Bonchev–Trinajstić information content (AvgIpc) is 2.73. The highest BCUT2D eigenvalue weighted by Gasteiger charge is 2.55. The lowest BCUT2D eigenvalue weighted by molar-refractivity contribution is -0.0137. The van der Waals surface area contributed by atoms with Crippen LogP contribution in [-0.2, 0) is 23.2 Å². The van der Waals surface area contributed by atoms with E-state index < -0.39 is 0 Å². The third kappa shape index (κ3) is 2.78. The van der Waals surface area contributed by atoms with Gasteiger partial charge in [-0.1, -0.05) is 49.2 Å². The number of hydrogen-bond donors (Lipinski definition) is 1. The Morgan fingerprint density at radius 1 is 1.14 bits per heavy atom. The highest BCUT2D eigenvalue weighted by Crippen LogP contribution is 2.56. The van der Waals surface area contributed by atoms with Crippen molar-refractivity contribution >= 4 is 6.09 Å². The number of carbonyl (C=O) groups is 1. The number of rotatable bonds is 2. The summed E-state index contributed by atoms with van der Waals surface area (Å²) in [6.07, 6.45) is 6.42. The maximum atomic E-state index is 13.0. The summed E-state index contributed by atoms with van der Waals surface area (Å²) >= 11 is 0. The molecule has 0 unspecified atom stereocenters. The molecule has 2 aromatic carbocycles. The van der Waals surface area contributed by atoms with E-state index in [0.29, 0.717) is 18.3 Å². The number of phenolic OH excluding ortho intramolecular Hbond substituents is 1. The first kappa shape index (κ1) is 17.6. The van der Waals surface area contributed by atoms with Crippen LogP contribution in [0.15, 0.2) is 48.5 Å². The van der Waals surface area contributed by atoms with Crippen molar-refractivity contribution in [1.82, 2.24) is 4.90 Å². The van der Waals surface area contributed by atoms with Crippen molar-refractivity contribution in [2.24, 2.45) is 5.92 Å². The minimum atomic E-state index is -0.185. The number of likely N-dealkylation sites (tertiary alicyclic amines) is 1. The zero-order chi connectivity index (χ0) is 19.1. The summed E-state index contributed by atoms with van der Waals surface area (Å²) < 4.78 is 5.69. The summed E-state index contributed by atoms with van der Waals surface area (Å²) in [5.41, 5.74) is 3.77.